The second kappa shape index (κ2) is 13.2. The largest absolute Gasteiger partial charge is 0.479 e. The SMILES string of the molecule is COC(=O)[C@H](C)NP(=O)(OCCSC(=O)C(C)(C)CO)OC[C@@H]1C=C[C@H](n2cnc3c(OC)nc(N)nc32)C1. The zero-order valence-electron chi connectivity index (χ0n) is 22.5. The van der Waals surface area contributed by atoms with E-state index in [4.69, 9.17) is 24.3 Å². The Bertz CT molecular complexity index is 1250. The van der Waals surface area contributed by atoms with Gasteiger partial charge < -0.3 is 24.9 Å². The molecule has 0 bridgehead atoms. The quantitative estimate of drug-likeness (QED) is 0.126. The summed E-state index contributed by atoms with van der Waals surface area (Å²) in [7, 11) is -1.28. The van der Waals surface area contributed by atoms with Crippen molar-refractivity contribution in [3.63, 3.8) is 0 Å². The number of carbonyl (C=O) groups excluding carboxylic acids is 2. The van der Waals surface area contributed by atoms with Crippen molar-refractivity contribution >= 4 is 47.7 Å². The molecule has 1 unspecified atom stereocenters. The van der Waals surface area contributed by atoms with Gasteiger partial charge in [0.15, 0.2) is 16.3 Å². The lowest BCUT2D eigenvalue weighted by Crippen LogP contribution is -2.34. The van der Waals surface area contributed by atoms with Gasteiger partial charge in [0.1, 0.15) is 6.04 Å². The maximum absolute atomic E-state index is 13.5. The first kappa shape index (κ1) is 31.0. The first-order valence-corrected chi connectivity index (χ1v) is 14.7. The lowest BCUT2D eigenvalue weighted by Gasteiger charge is -2.24. The molecule has 4 N–H and O–H groups in total. The molecule has 4 atom stereocenters. The standard InChI is InChI=1S/C23H35N6O8PS/c1-14(20(31)35-5)28-38(33,36-8-9-39-21(32)23(2,3)12-30)37-11-15-6-7-16(10-15)29-13-25-17-18(29)26-22(24)27-19(17)34-4/h6-7,13-16,30H,8-12H2,1-5H3,(H,28,33)(H2,24,26,27)/t14-,15+,16-,38?/m0/s1. The number of thioether (sulfide) groups is 1. The summed E-state index contributed by atoms with van der Waals surface area (Å²) in [6.45, 7) is 4.38. The van der Waals surface area contributed by atoms with Gasteiger partial charge in [-0.3, -0.25) is 18.6 Å². The number of ether oxygens (including phenoxy) is 2. The van der Waals surface area contributed by atoms with Crippen LogP contribution in [0.5, 0.6) is 5.88 Å². The molecule has 216 valence electrons. The maximum atomic E-state index is 13.5. The third-order valence-corrected chi connectivity index (χ3v) is 8.90. The molecule has 0 aliphatic heterocycles. The number of carbonyl (C=O) groups is 2. The fraction of sp³-hybridized carbons (Fsp3) is 0.609. The van der Waals surface area contributed by atoms with E-state index in [1.54, 1.807) is 20.2 Å². The minimum absolute atomic E-state index is 0.0296. The van der Waals surface area contributed by atoms with Gasteiger partial charge in [-0.25, -0.2) is 14.6 Å². The number of nitrogen functional groups attached to an aromatic ring is 1. The Morgan fingerprint density at radius 2 is 2.05 bits per heavy atom. The number of nitrogens with zero attached hydrogens (tertiary/aromatic N) is 4. The van der Waals surface area contributed by atoms with Gasteiger partial charge >= 0.3 is 13.7 Å². The Balaban J connectivity index is 1.63. The minimum atomic E-state index is -3.97. The van der Waals surface area contributed by atoms with Gasteiger partial charge in [0.05, 0.1) is 51.8 Å². The summed E-state index contributed by atoms with van der Waals surface area (Å²) in [4.78, 5) is 36.8. The van der Waals surface area contributed by atoms with Crippen molar-refractivity contribution in [3.05, 3.63) is 18.5 Å². The Labute approximate surface area is 230 Å². The lowest BCUT2D eigenvalue weighted by atomic mass is 9.97. The van der Waals surface area contributed by atoms with Crippen LogP contribution in [0.3, 0.4) is 0 Å². The Morgan fingerprint density at radius 3 is 2.72 bits per heavy atom. The molecule has 0 amide bonds. The van der Waals surface area contributed by atoms with E-state index in [1.165, 1.54) is 21.1 Å². The maximum Gasteiger partial charge on any atom is 0.406 e. The second-order valence-electron chi connectivity index (χ2n) is 9.54. The van der Waals surface area contributed by atoms with E-state index in [2.05, 4.69) is 20.0 Å². The molecule has 1 aliphatic carbocycles. The van der Waals surface area contributed by atoms with Gasteiger partial charge in [0, 0.05) is 11.7 Å². The molecular weight excluding hydrogens is 551 g/mol. The van der Waals surface area contributed by atoms with Crippen LogP contribution in [0.25, 0.3) is 11.2 Å². The van der Waals surface area contributed by atoms with Crippen molar-refractivity contribution in [3.8, 4) is 5.88 Å². The van der Waals surface area contributed by atoms with Crippen LogP contribution >= 0.6 is 19.5 Å². The van der Waals surface area contributed by atoms with Gasteiger partial charge in [-0.05, 0) is 27.2 Å². The molecule has 1 aliphatic rings. The molecule has 14 nitrogen and oxygen atoms in total. The highest BCUT2D eigenvalue weighted by Crippen LogP contribution is 2.46. The lowest BCUT2D eigenvalue weighted by molar-refractivity contribution is -0.142. The highest BCUT2D eigenvalue weighted by molar-refractivity contribution is 8.13. The molecule has 2 heterocycles. The average Bonchev–Trinajstić information content (AvgIpc) is 3.55. The highest BCUT2D eigenvalue weighted by atomic mass is 32.2. The van der Waals surface area contributed by atoms with E-state index in [0.717, 1.165) is 11.8 Å². The number of aliphatic hydroxyl groups is 1. The average molecular weight is 587 g/mol. The summed E-state index contributed by atoms with van der Waals surface area (Å²) in [5.74, 6) is -0.256. The number of fused-ring (bicyclic) bond motifs is 1. The van der Waals surface area contributed by atoms with E-state index in [9.17, 15) is 19.3 Å². The number of imidazole rings is 1. The second-order valence-corrected chi connectivity index (χ2v) is 12.4. The number of aromatic nitrogens is 4. The number of anilines is 1. The Morgan fingerprint density at radius 1 is 1.31 bits per heavy atom. The molecule has 0 fully saturated rings. The topological polar surface area (TPSA) is 190 Å². The van der Waals surface area contributed by atoms with E-state index in [0.29, 0.717) is 17.6 Å². The number of hydrogen-bond acceptors (Lipinski definition) is 13. The molecule has 2 aromatic rings. The van der Waals surface area contributed by atoms with Crippen LogP contribution < -0.4 is 15.6 Å². The van der Waals surface area contributed by atoms with E-state index in [1.807, 2.05) is 16.7 Å². The van der Waals surface area contributed by atoms with E-state index in [-0.39, 0.29) is 54.5 Å². The monoisotopic (exact) mass is 586 g/mol. The van der Waals surface area contributed by atoms with Gasteiger partial charge in [-0.2, -0.15) is 9.97 Å². The summed E-state index contributed by atoms with van der Waals surface area (Å²) in [6.07, 6.45) is 6.11. The fourth-order valence-electron chi connectivity index (χ4n) is 3.70. The summed E-state index contributed by atoms with van der Waals surface area (Å²) in [5.41, 5.74) is 5.92. The van der Waals surface area contributed by atoms with Crippen molar-refractivity contribution in [1.82, 2.24) is 24.6 Å². The summed E-state index contributed by atoms with van der Waals surface area (Å²) < 4.78 is 36.6. The first-order valence-electron chi connectivity index (χ1n) is 12.2. The molecule has 0 spiro atoms. The Kier molecular flexibility index (Phi) is 10.5. The first-order chi connectivity index (χ1) is 18.4. The number of allylic oxidation sites excluding steroid dienone is 1. The number of rotatable bonds is 14. The van der Waals surface area contributed by atoms with Crippen LogP contribution in [-0.2, 0) is 27.9 Å². The van der Waals surface area contributed by atoms with Crippen LogP contribution in [-0.4, -0.2) is 81.5 Å². The fourth-order valence-corrected chi connectivity index (χ4v) is 6.15. The van der Waals surface area contributed by atoms with Crippen LogP contribution in [0.4, 0.5) is 5.95 Å². The van der Waals surface area contributed by atoms with Crippen LogP contribution in [0.1, 0.15) is 33.2 Å². The van der Waals surface area contributed by atoms with Crippen molar-refractivity contribution in [1.29, 1.82) is 0 Å². The molecular formula is C23H35N6O8PS. The zero-order chi connectivity index (χ0) is 28.8. The normalized spacial score (nSPS) is 19.6. The van der Waals surface area contributed by atoms with Crippen LogP contribution in [0.2, 0.25) is 0 Å². The summed E-state index contributed by atoms with van der Waals surface area (Å²) >= 11 is 0.957. The number of methoxy groups -OCH3 is 2. The summed E-state index contributed by atoms with van der Waals surface area (Å²) in [6, 6.07) is -1.09. The van der Waals surface area contributed by atoms with Crippen molar-refractivity contribution in [2.24, 2.45) is 11.3 Å². The third-order valence-electron chi connectivity index (χ3n) is 6.00. The van der Waals surface area contributed by atoms with Crippen molar-refractivity contribution in [2.45, 2.75) is 39.3 Å². The smallest absolute Gasteiger partial charge is 0.406 e. The number of esters is 1. The van der Waals surface area contributed by atoms with E-state index < -0.39 is 25.2 Å². The predicted molar refractivity (Wildman–Crippen MR) is 145 cm³/mol. The molecule has 0 aromatic carbocycles. The molecule has 39 heavy (non-hydrogen) atoms. The molecule has 16 heteroatoms. The number of nitrogens with two attached hydrogens (primary N) is 1. The third kappa shape index (κ3) is 7.77. The summed E-state index contributed by atoms with van der Waals surface area (Å²) in [5, 5.41) is 11.7. The van der Waals surface area contributed by atoms with Gasteiger partial charge in [-0.1, -0.05) is 23.9 Å². The molecule has 0 saturated heterocycles. The predicted octanol–water partition coefficient (Wildman–Crippen LogP) is 2.10. The highest BCUT2D eigenvalue weighted by Gasteiger charge is 2.33. The Hall–Kier alpha value is -2.55. The van der Waals surface area contributed by atoms with Crippen LogP contribution in [0, 0.1) is 11.3 Å². The number of hydrogen-bond donors (Lipinski definition) is 3. The molecule has 0 saturated carbocycles. The number of nitrogens with one attached hydrogen (secondary N) is 1. The van der Waals surface area contributed by atoms with Gasteiger partial charge in [0.25, 0.3) is 0 Å². The zero-order valence-corrected chi connectivity index (χ0v) is 24.2. The molecule has 3 rings (SSSR count). The van der Waals surface area contributed by atoms with Crippen LogP contribution in [0.15, 0.2) is 18.5 Å². The molecule has 0 radical (unpaired) electrons. The number of aliphatic hydroxyl groups excluding tert-OH is 1. The van der Waals surface area contributed by atoms with E-state index >= 15 is 0 Å². The van der Waals surface area contributed by atoms with Crippen molar-refractivity contribution in [2.75, 3.05) is 45.5 Å². The minimum Gasteiger partial charge on any atom is -0.479 e. The molecule has 2 aromatic heterocycles. The van der Waals surface area contributed by atoms with Gasteiger partial charge in [0.2, 0.25) is 11.8 Å². The van der Waals surface area contributed by atoms with Gasteiger partial charge in [-0.15, -0.1) is 0 Å². The van der Waals surface area contributed by atoms with Crippen molar-refractivity contribution < 1.29 is 37.8 Å².